The summed E-state index contributed by atoms with van der Waals surface area (Å²) in [5.74, 6) is 0.816. The van der Waals surface area contributed by atoms with Crippen LogP contribution in [0.3, 0.4) is 0 Å². The van der Waals surface area contributed by atoms with E-state index in [1.54, 1.807) is 30.5 Å². The molecule has 20 heavy (non-hydrogen) atoms. The van der Waals surface area contributed by atoms with Gasteiger partial charge in [0.15, 0.2) is 0 Å². The van der Waals surface area contributed by atoms with Crippen molar-refractivity contribution in [2.45, 2.75) is 0 Å². The molecule has 1 aromatic carbocycles. The molecule has 7 heteroatoms. The van der Waals surface area contributed by atoms with Crippen molar-refractivity contribution in [3.05, 3.63) is 45.5 Å². The van der Waals surface area contributed by atoms with Gasteiger partial charge >= 0.3 is 0 Å². The summed E-state index contributed by atoms with van der Waals surface area (Å²) < 4.78 is 6.60. The Morgan fingerprint density at radius 2 is 1.95 bits per heavy atom. The van der Waals surface area contributed by atoms with Crippen LogP contribution in [0, 0.1) is 0 Å². The van der Waals surface area contributed by atoms with Crippen LogP contribution in [0.15, 0.2) is 50.0 Å². The number of rotatable bonds is 2. The minimum Gasteiger partial charge on any atom is -0.507 e. The highest BCUT2D eigenvalue weighted by Crippen LogP contribution is 2.30. The van der Waals surface area contributed by atoms with Crippen molar-refractivity contribution in [3.8, 4) is 28.7 Å². The predicted molar refractivity (Wildman–Crippen MR) is 80.0 cm³/mol. The summed E-state index contributed by atoms with van der Waals surface area (Å²) in [5.41, 5.74) is 1.24. The number of pyridine rings is 1. The van der Waals surface area contributed by atoms with Crippen LogP contribution in [0.1, 0.15) is 0 Å². The van der Waals surface area contributed by atoms with Gasteiger partial charge in [0.1, 0.15) is 11.4 Å². The van der Waals surface area contributed by atoms with E-state index < -0.39 is 0 Å². The number of nitrogens with zero attached hydrogens (tertiary/aromatic N) is 3. The number of phenols is 1. The van der Waals surface area contributed by atoms with Gasteiger partial charge in [-0.2, -0.15) is 4.98 Å². The highest BCUT2D eigenvalue weighted by molar-refractivity contribution is 9.11. The maximum absolute atomic E-state index is 9.67. The van der Waals surface area contributed by atoms with E-state index in [0.717, 1.165) is 4.47 Å². The first kappa shape index (κ1) is 13.3. The largest absolute Gasteiger partial charge is 0.507 e. The molecule has 0 saturated carbocycles. The SMILES string of the molecule is Oc1cc(-c2nc(-c3ncccc3Br)no2)ccc1Br. The molecule has 1 N–H and O–H groups in total. The summed E-state index contributed by atoms with van der Waals surface area (Å²) in [4.78, 5) is 8.48. The van der Waals surface area contributed by atoms with Crippen LogP contribution in [0.5, 0.6) is 5.75 Å². The first-order chi connectivity index (χ1) is 9.65. The highest BCUT2D eigenvalue weighted by Gasteiger charge is 2.14. The van der Waals surface area contributed by atoms with Crippen LogP contribution in [-0.2, 0) is 0 Å². The standard InChI is InChI=1S/C13H7Br2N3O2/c14-8-4-3-7(6-10(8)19)13-17-12(18-20-13)11-9(15)2-1-5-16-11/h1-6,19H. The monoisotopic (exact) mass is 395 g/mol. The van der Waals surface area contributed by atoms with Gasteiger partial charge in [0, 0.05) is 16.2 Å². The number of hydrogen-bond acceptors (Lipinski definition) is 5. The third-order valence-corrected chi connectivity index (χ3v) is 3.90. The zero-order chi connectivity index (χ0) is 14.1. The molecule has 2 aromatic heterocycles. The van der Waals surface area contributed by atoms with E-state index in [1.807, 2.05) is 6.07 Å². The van der Waals surface area contributed by atoms with Crippen molar-refractivity contribution >= 4 is 31.9 Å². The fraction of sp³-hybridized carbons (Fsp3) is 0. The molecule has 0 atom stereocenters. The zero-order valence-electron chi connectivity index (χ0n) is 9.92. The third-order valence-electron chi connectivity index (χ3n) is 2.59. The van der Waals surface area contributed by atoms with E-state index in [2.05, 4.69) is 47.0 Å². The summed E-state index contributed by atoms with van der Waals surface area (Å²) in [5, 5.41) is 13.6. The van der Waals surface area contributed by atoms with Gasteiger partial charge in [-0.3, -0.25) is 4.98 Å². The van der Waals surface area contributed by atoms with E-state index in [0.29, 0.717) is 27.4 Å². The summed E-state index contributed by atoms with van der Waals surface area (Å²) in [6.45, 7) is 0. The molecular weight excluding hydrogens is 390 g/mol. The molecule has 0 aliphatic heterocycles. The van der Waals surface area contributed by atoms with Gasteiger partial charge in [-0.15, -0.1) is 0 Å². The fourth-order valence-electron chi connectivity index (χ4n) is 1.63. The lowest BCUT2D eigenvalue weighted by atomic mass is 10.2. The van der Waals surface area contributed by atoms with Crippen LogP contribution in [0.2, 0.25) is 0 Å². The molecule has 0 bridgehead atoms. The maximum Gasteiger partial charge on any atom is 0.258 e. The lowest BCUT2D eigenvalue weighted by molar-refractivity contribution is 0.431. The van der Waals surface area contributed by atoms with Gasteiger partial charge in [-0.05, 0) is 62.2 Å². The van der Waals surface area contributed by atoms with Crippen molar-refractivity contribution < 1.29 is 9.63 Å². The molecule has 0 aliphatic carbocycles. The van der Waals surface area contributed by atoms with Gasteiger partial charge in [0.2, 0.25) is 5.82 Å². The Hall–Kier alpha value is -1.73. The van der Waals surface area contributed by atoms with Crippen molar-refractivity contribution in [2.75, 3.05) is 0 Å². The van der Waals surface area contributed by atoms with E-state index in [9.17, 15) is 5.11 Å². The quantitative estimate of drug-likeness (QED) is 0.707. The molecule has 0 spiro atoms. The molecule has 100 valence electrons. The fourth-order valence-corrected chi connectivity index (χ4v) is 2.31. The normalized spacial score (nSPS) is 10.7. The Morgan fingerprint density at radius 1 is 1.10 bits per heavy atom. The average molecular weight is 397 g/mol. The maximum atomic E-state index is 9.67. The summed E-state index contributed by atoms with van der Waals surface area (Å²) in [6, 6.07) is 8.69. The van der Waals surface area contributed by atoms with E-state index in [1.165, 1.54) is 0 Å². The minimum atomic E-state index is 0.112. The summed E-state index contributed by atoms with van der Waals surface area (Å²) in [7, 11) is 0. The number of benzene rings is 1. The number of halogens is 2. The third kappa shape index (κ3) is 2.46. The van der Waals surface area contributed by atoms with Crippen LogP contribution in [-0.4, -0.2) is 20.2 Å². The first-order valence-corrected chi connectivity index (χ1v) is 7.17. The summed E-state index contributed by atoms with van der Waals surface area (Å²) in [6.07, 6.45) is 1.65. The first-order valence-electron chi connectivity index (χ1n) is 5.58. The van der Waals surface area contributed by atoms with Crippen molar-refractivity contribution in [3.63, 3.8) is 0 Å². The van der Waals surface area contributed by atoms with Crippen molar-refractivity contribution in [1.29, 1.82) is 0 Å². The Morgan fingerprint density at radius 3 is 2.70 bits per heavy atom. The molecule has 0 unspecified atom stereocenters. The number of hydrogen-bond donors (Lipinski definition) is 1. The Labute approximate surface area is 130 Å². The molecule has 0 fully saturated rings. The lowest BCUT2D eigenvalue weighted by Crippen LogP contribution is -1.86. The van der Waals surface area contributed by atoms with Gasteiger partial charge in [0.25, 0.3) is 5.89 Å². The van der Waals surface area contributed by atoms with Crippen LogP contribution in [0.4, 0.5) is 0 Å². The molecule has 3 rings (SSSR count). The van der Waals surface area contributed by atoms with Crippen molar-refractivity contribution in [1.82, 2.24) is 15.1 Å². The second kappa shape index (κ2) is 5.34. The van der Waals surface area contributed by atoms with Gasteiger partial charge in [0.05, 0.1) is 4.47 Å². The molecular formula is C13H7Br2N3O2. The molecule has 2 heterocycles. The minimum absolute atomic E-state index is 0.112. The average Bonchev–Trinajstić information content (AvgIpc) is 2.92. The van der Waals surface area contributed by atoms with E-state index in [-0.39, 0.29) is 5.75 Å². The Bertz CT molecular complexity index is 774. The molecule has 0 radical (unpaired) electrons. The van der Waals surface area contributed by atoms with Crippen LogP contribution >= 0.6 is 31.9 Å². The topological polar surface area (TPSA) is 72.0 Å². The van der Waals surface area contributed by atoms with Gasteiger partial charge in [-0.25, -0.2) is 0 Å². The molecule has 5 nitrogen and oxygen atoms in total. The molecule has 0 aliphatic rings. The van der Waals surface area contributed by atoms with Gasteiger partial charge in [-0.1, -0.05) is 5.16 Å². The Kier molecular flexibility index (Phi) is 3.54. The second-order valence-corrected chi connectivity index (χ2v) is 5.63. The van der Waals surface area contributed by atoms with Gasteiger partial charge < -0.3 is 9.63 Å². The smallest absolute Gasteiger partial charge is 0.258 e. The number of phenolic OH excluding ortho intramolecular Hbond substituents is 1. The highest BCUT2D eigenvalue weighted by atomic mass is 79.9. The zero-order valence-corrected chi connectivity index (χ0v) is 13.1. The number of aromatic nitrogens is 3. The second-order valence-electron chi connectivity index (χ2n) is 3.92. The predicted octanol–water partition coefficient (Wildman–Crippen LogP) is 4.03. The van der Waals surface area contributed by atoms with Crippen LogP contribution < -0.4 is 0 Å². The molecule has 0 saturated heterocycles. The van der Waals surface area contributed by atoms with E-state index >= 15 is 0 Å². The Balaban J connectivity index is 2.02. The molecule has 0 amide bonds. The van der Waals surface area contributed by atoms with Crippen LogP contribution in [0.25, 0.3) is 23.0 Å². The number of aromatic hydroxyl groups is 1. The van der Waals surface area contributed by atoms with Crippen molar-refractivity contribution in [2.24, 2.45) is 0 Å². The molecule has 3 aromatic rings. The lowest BCUT2D eigenvalue weighted by Gasteiger charge is -1.98. The summed E-state index contributed by atoms with van der Waals surface area (Å²) >= 11 is 6.61. The van der Waals surface area contributed by atoms with E-state index in [4.69, 9.17) is 4.52 Å².